The third-order valence-corrected chi connectivity index (χ3v) is 6.00. The van der Waals surface area contributed by atoms with Crippen molar-refractivity contribution in [3.8, 4) is 16.9 Å². The molecule has 1 heterocycles. The van der Waals surface area contributed by atoms with E-state index in [1.54, 1.807) is 17.6 Å². The number of thiazole rings is 1. The van der Waals surface area contributed by atoms with Crippen molar-refractivity contribution >= 4 is 44.9 Å². The van der Waals surface area contributed by atoms with Gasteiger partial charge in [-0.15, -0.1) is 16.4 Å². The molecule has 0 bridgehead atoms. The van der Waals surface area contributed by atoms with E-state index in [2.05, 4.69) is 89.9 Å². The molecule has 1 aromatic heterocycles. The molecule has 0 radical (unpaired) electrons. The molecule has 0 atom stereocenters. The molecule has 4 aromatic rings. The number of nitrogens with one attached hydrogen (secondary N) is 1. The summed E-state index contributed by atoms with van der Waals surface area (Å²) in [6.45, 7) is 3.96. The standard InChI is InChI=1S/C25H22BrN5S/c1-18-8-14-23(15-9-18)31-24(20-10-12-21(26)13-11-20)17-32-25(31)30-28-19(2)16-27-29-22-6-4-3-5-7-22/h3-17,29H,1-2H3/b27-16+,28-19+,30-25-. The van der Waals surface area contributed by atoms with Crippen LogP contribution in [0.1, 0.15) is 12.5 Å². The Labute approximate surface area is 199 Å². The van der Waals surface area contributed by atoms with E-state index in [0.29, 0.717) is 5.71 Å². The Balaban J connectivity index is 1.68. The van der Waals surface area contributed by atoms with Gasteiger partial charge in [0.05, 0.1) is 23.3 Å². The number of aromatic nitrogens is 1. The molecule has 0 spiro atoms. The van der Waals surface area contributed by atoms with Crippen LogP contribution in [-0.2, 0) is 0 Å². The predicted molar refractivity (Wildman–Crippen MR) is 139 cm³/mol. The van der Waals surface area contributed by atoms with Crippen LogP contribution in [0.2, 0.25) is 0 Å². The number of rotatable bonds is 6. The lowest BCUT2D eigenvalue weighted by Crippen LogP contribution is -2.14. The van der Waals surface area contributed by atoms with Crippen LogP contribution in [0.25, 0.3) is 16.9 Å². The molecule has 0 unspecified atom stereocenters. The second-order valence-corrected chi connectivity index (χ2v) is 8.91. The maximum Gasteiger partial charge on any atom is 0.215 e. The van der Waals surface area contributed by atoms with E-state index in [9.17, 15) is 0 Å². The lowest BCUT2D eigenvalue weighted by Gasteiger charge is -2.09. The van der Waals surface area contributed by atoms with E-state index in [-0.39, 0.29) is 0 Å². The first-order chi connectivity index (χ1) is 15.6. The van der Waals surface area contributed by atoms with Gasteiger partial charge in [0.15, 0.2) is 0 Å². The first-order valence-electron chi connectivity index (χ1n) is 10.1. The topological polar surface area (TPSA) is 54.0 Å². The summed E-state index contributed by atoms with van der Waals surface area (Å²) < 4.78 is 3.18. The van der Waals surface area contributed by atoms with Crippen LogP contribution in [-0.4, -0.2) is 16.5 Å². The Morgan fingerprint density at radius 2 is 1.69 bits per heavy atom. The van der Waals surface area contributed by atoms with Gasteiger partial charge in [0, 0.05) is 15.5 Å². The minimum absolute atomic E-state index is 0.697. The first kappa shape index (κ1) is 21.9. The van der Waals surface area contributed by atoms with Gasteiger partial charge in [-0.3, -0.25) is 9.99 Å². The highest BCUT2D eigenvalue weighted by Gasteiger charge is 2.10. The molecule has 0 saturated heterocycles. The average molecular weight is 504 g/mol. The number of hydrogen-bond acceptors (Lipinski definition) is 5. The fraction of sp³-hybridized carbons (Fsp3) is 0.0800. The van der Waals surface area contributed by atoms with Crippen molar-refractivity contribution in [3.05, 3.63) is 99.1 Å². The number of benzene rings is 3. The number of anilines is 1. The van der Waals surface area contributed by atoms with E-state index in [1.165, 1.54) is 5.56 Å². The van der Waals surface area contributed by atoms with Crippen LogP contribution in [0.3, 0.4) is 0 Å². The van der Waals surface area contributed by atoms with Crippen molar-refractivity contribution in [2.75, 3.05) is 5.43 Å². The largest absolute Gasteiger partial charge is 0.284 e. The molecule has 3 aromatic carbocycles. The highest BCUT2D eigenvalue weighted by molar-refractivity contribution is 9.10. The zero-order valence-electron chi connectivity index (χ0n) is 17.7. The molecule has 7 heteroatoms. The quantitative estimate of drug-likeness (QED) is 0.232. The second kappa shape index (κ2) is 10.3. The molecular formula is C25H22BrN5S. The van der Waals surface area contributed by atoms with Crippen molar-refractivity contribution in [3.63, 3.8) is 0 Å². The van der Waals surface area contributed by atoms with Crippen LogP contribution in [0.5, 0.6) is 0 Å². The summed E-state index contributed by atoms with van der Waals surface area (Å²) in [6, 6.07) is 26.5. The van der Waals surface area contributed by atoms with Gasteiger partial charge in [0.25, 0.3) is 0 Å². The highest BCUT2D eigenvalue weighted by atomic mass is 79.9. The lowest BCUT2D eigenvalue weighted by atomic mass is 10.1. The number of halogens is 1. The minimum atomic E-state index is 0.697. The monoisotopic (exact) mass is 503 g/mol. The molecule has 0 saturated carbocycles. The summed E-state index contributed by atoms with van der Waals surface area (Å²) in [7, 11) is 0. The van der Waals surface area contributed by atoms with E-state index in [1.807, 2.05) is 49.4 Å². The van der Waals surface area contributed by atoms with Gasteiger partial charge in [-0.05, 0) is 55.8 Å². The Morgan fingerprint density at radius 1 is 0.969 bits per heavy atom. The maximum absolute atomic E-state index is 4.54. The normalized spacial score (nSPS) is 12.5. The number of nitrogens with zero attached hydrogens (tertiary/aromatic N) is 4. The lowest BCUT2D eigenvalue weighted by molar-refractivity contribution is 0.970. The number of hydrogen-bond donors (Lipinski definition) is 1. The van der Waals surface area contributed by atoms with Gasteiger partial charge in [0.1, 0.15) is 0 Å². The van der Waals surface area contributed by atoms with Crippen molar-refractivity contribution in [2.45, 2.75) is 13.8 Å². The molecule has 5 nitrogen and oxygen atoms in total. The predicted octanol–water partition coefficient (Wildman–Crippen LogP) is 6.65. The van der Waals surface area contributed by atoms with E-state index >= 15 is 0 Å². The molecule has 4 rings (SSSR count). The SMILES string of the molecule is CC(/C=N/Nc1ccccc1)=N\N=c1/scc(-c2ccc(Br)cc2)n1-c1ccc(C)cc1. The fourth-order valence-corrected chi connectivity index (χ4v) is 4.13. The summed E-state index contributed by atoms with van der Waals surface area (Å²) in [5.41, 5.74) is 9.04. The summed E-state index contributed by atoms with van der Waals surface area (Å²) in [6.07, 6.45) is 1.66. The molecule has 0 aliphatic heterocycles. The number of hydrazone groups is 1. The first-order valence-corrected chi connectivity index (χ1v) is 11.7. The van der Waals surface area contributed by atoms with Crippen molar-refractivity contribution in [1.29, 1.82) is 0 Å². The van der Waals surface area contributed by atoms with Crippen LogP contribution >= 0.6 is 27.3 Å². The van der Waals surface area contributed by atoms with Gasteiger partial charge < -0.3 is 0 Å². The number of aryl methyl sites for hydroxylation is 1. The van der Waals surface area contributed by atoms with Crippen LogP contribution < -0.4 is 10.2 Å². The Morgan fingerprint density at radius 3 is 2.41 bits per heavy atom. The maximum atomic E-state index is 4.54. The Kier molecular flexibility index (Phi) is 7.09. The van der Waals surface area contributed by atoms with Crippen LogP contribution in [0.15, 0.2) is 104 Å². The summed E-state index contributed by atoms with van der Waals surface area (Å²) in [5.74, 6) is 0. The van der Waals surface area contributed by atoms with Crippen LogP contribution in [0, 0.1) is 6.92 Å². The Bertz CT molecular complexity index is 1300. The third kappa shape index (κ3) is 5.49. The molecule has 32 heavy (non-hydrogen) atoms. The zero-order chi connectivity index (χ0) is 22.3. The van der Waals surface area contributed by atoms with E-state index < -0.39 is 0 Å². The fourth-order valence-electron chi connectivity index (χ4n) is 3.01. The van der Waals surface area contributed by atoms with Gasteiger partial charge in [0.2, 0.25) is 4.80 Å². The molecule has 0 amide bonds. The summed E-state index contributed by atoms with van der Waals surface area (Å²) >= 11 is 5.07. The molecule has 160 valence electrons. The third-order valence-electron chi connectivity index (χ3n) is 4.65. The van der Waals surface area contributed by atoms with E-state index in [4.69, 9.17) is 0 Å². The van der Waals surface area contributed by atoms with Crippen LogP contribution in [0.4, 0.5) is 5.69 Å². The Hall–Kier alpha value is -3.29. The number of para-hydroxylation sites is 1. The molecule has 1 N–H and O–H groups in total. The van der Waals surface area contributed by atoms with Crippen molar-refractivity contribution in [1.82, 2.24) is 4.57 Å². The second-order valence-electron chi connectivity index (χ2n) is 7.16. The summed E-state index contributed by atoms with van der Waals surface area (Å²) in [4.78, 5) is 0.788. The minimum Gasteiger partial charge on any atom is -0.284 e. The smallest absolute Gasteiger partial charge is 0.215 e. The van der Waals surface area contributed by atoms with Gasteiger partial charge in [-0.25, -0.2) is 0 Å². The summed E-state index contributed by atoms with van der Waals surface area (Å²) in [5, 5.41) is 15.3. The van der Waals surface area contributed by atoms with Gasteiger partial charge in [-0.1, -0.05) is 64.0 Å². The highest BCUT2D eigenvalue weighted by Crippen LogP contribution is 2.25. The average Bonchev–Trinajstić information content (AvgIpc) is 3.23. The molecule has 0 aliphatic rings. The van der Waals surface area contributed by atoms with Gasteiger partial charge >= 0.3 is 0 Å². The van der Waals surface area contributed by atoms with Gasteiger partial charge in [-0.2, -0.15) is 10.2 Å². The van der Waals surface area contributed by atoms with E-state index in [0.717, 1.165) is 31.9 Å². The zero-order valence-corrected chi connectivity index (χ0v) is 20.1. The molecular weight excluding hydrogens is 482 g/mol. The molecule has 0 aliphatic carbocycles. The van der Waals surface area contributed by atoms with Crippen molar-refractivity contribution in [2.24, 2.45) is 15.3 Å². The molecule has 0 fully saturated rings. The van der Waals surface area contributed by atoms with Crippen molar-refractivity contribution < 1.29 is 0 Å².